The first-order valence-electron chi connectivity index (χ1n) is 9.69. The van der Waals surface area contributed by atoms with Crippen LogP contribution in [0.1, 0.15) is 36.8 Å². The number of hydrogen-bond donors (Lipinski definition) is 2. The van der Waals surface area contributed by atoms with Gasteiger partial charge in [-0.25, -0.2) is 4.99 Å². The van der Waals surface area contributed by atoms with Gasteiger partial charge in [0.15, 0.2) is 17.5 Å². The van der Waals surface area contributed by atoms with Gasteiger partial charge in [0.2, 0.25) is 0 Å². The number of benzene rings is 2. The first kappa shape index (κ1) is 19.9. The standard InChI is InChI=1S/C22H29N3O3/c1-26-20-12-11-16(13-21(20)27-2)14-24-22(23)25-15-17-7-3-6-10-19(17)28-18-8-4-5-9-18/h3,6-7,10-13,18H,4-5,8-9,14-15H2,1-2H3,(H3,23,24,25). The number of guanidine groups is 1. The van der Waals surface area contributed by atoms with Gasteiger partial charge in [-0.1, -0.05) is 24.3 Å². The maximum absolute atomic E-state index is 6.17. The molecule has 2 aromatic rings. The monoisotopic (exact) mass is 383 g/mol. The summed E-state index contributed by atoms with van der Waals surface area (Å²) < 4.78 is 16.7. The molecule has 0 bridgehead atoms. The number of rotatable bonds is 8. The number of ether oxygens (including phenoxy) is 3. The van der Waals surface area contributed by atoms with E-state index in [1.165, 1.54) is 12.8 Å². The molecule has 0 spiro atoms. The van der Waals surface area contributed by atoms with Crippen LogP contribution in [-0.4, -0.2) is 26.3 Å². The second-order valence-electron chi connectivity index (χ2n) is 6.88. The zero-order valence-electron chi connectivity index (χ0n) is 16.6. The zero-order chi connectivity index (χ0) is 19.8. The van der Waals surface area contributed by atoms with Gasteiger partial charge in [0.25, 0.3) is 0 Å². The lowest BCUT2D eigenvalue weighted by atomic mass is 10.2. The van der Waals surface area contributed by atoms with Crippen LogP contribution >= 0.6 is 0 Å². The van der Waals surface area contributed by atoms with Crippen LogP contribution in [-0.2, 0) is 13.1 Å². The Morgan fingerprint density at radius 2 is 1.79 bits per heavy atom. The molecule has 0 unspecified atom stereocenters. The van der Waals surface area contributed by atoms with E-state index in [2.05, 4.69) is 16.4 Å². The van der Waals surface area contributed by atoms with Crippen LogP contribution in [0.2, 0.25) is 0 Å². The molecule has 6 heteroatoms. The number of hydrogen-bond acceptors (Lipinski definition) is 4. The summed E-state index contributed by atoms with van der Waals surface area (Å²) in [4.78, 5) is 4.42. The smallest absolute Gasteiger partial charge is 0.189 e. The molecule has 28 heavy (non-hydrogen) atoms. The molecule has 3 N–H and O–H groups in total. The molecule has 1 aliphatic rings. The molecule has 0 saturated heterocycles. The predicted molar refractivity (Wildman–Crippen MR) is 111 cm³/mol. The van der Waals surface area contributed by atoms with Crippen LogP contribution in [0.3, 0.4) is 0 Å². The molecular weight excluding hydrogens is 354 g/mol. The highest BCUT2D eigenvalue weighted by molar-refractivity contribution is 5.77. The summed E-state index contributed by atoms with van der Waals surface area (Å²) in [6, 6.07) is 13.8. The maximum atomic E-state index is 6.17. The SMILES string of the molecule is COc1ccc(CN=C(N)NCc2ccccc2OC2CCCC2)cc1OC. The number of aliphatic imine (C=N–C) groups is 1. The molecule has 0 amide bonds. The number of methoxy groups -OCH3 is 2. The Hall–Kier alpha value is -2.89. The Labute approximate surface area is 166 Å². The Kier molecular flexibility index (Phi) is 7.00. The fourth-order valence-electron chi connectivity index (χ4n) is 3.35. The topological polar surface area (TPSA) is 78.1 Å². The zero-order valence-corrected chi connectivity index (χ0v) is 16.6. The van der Waals surface area contributed by atoms with Crippen molar-refractivity contribution >= 4 is 5.96 Å². The Balaban J connectivity index is 1.57. The van der Waals surface area contributed by atoms with Crippen molar-refractivity contribution in [2.75, 3.05) is 14.2 Å². The Morgan fingerprint density at radius 1 is 1.04 bits per heavy atom. The third-order valence-corrected chi connectivity index (χ3v) is 4.91. The minimum absolute atomic E-state index is 0.331. The van der Waals surface area contributed by atoms with Gasteiger partial charge in [0, 0.05) is 12.1 Å². The van der Waals surface area contributed by atoms with E-state index in [4.69, 9.17) is 19.9 Å². The summed E-state index contributed by atoms with van der Waals surface area (Å²) in [5.41, 5.74) is 8.13. The van der Waals surface area contributed by atoms with Crippen molar-refractivity contribution in [2.45, 2.75) is 44.9 Å². The van der Waals surface area contributed by atoms with E-state index in [0.717, 1.165) is 29.7 Å². The molecule has 0 atom stereocenters. The van der Waals surface area contributed by atoms with Crippen LogP contribution < -0.4 is 25.3 Å². The van der Waals surface area contributed by atoms with E-state index in [1.54, 1.807) is 14.2 Å². The largest absolute Gasteiger partial charge is 0.493 e. The summed E-state index contributed by atoms with van der Waals surface area (Å²) in [6.45, 7) is 1.03. The third kappa shape index (κ3) is 5.31. The molecule has 150 valence electrons. The van der Waals surface area contributed by atoms with Crippen molar-refractivity contribution < 1.29 is 14.2 Å². The number of nitrogens with zero attached hydrogens (tertiary/aromatic N) is 1. The average Bonchev–Trinajstić information content (AvgIpc) is 3.24. The fourth-order valence-corrected chi connectivity index (χ4v) is 3.35. The lowest BCUT2D eigenvalue weighted by molar-refractivity contribution is 0.208. The molecule has 1 fully saturated rings. The quantitative estimate of drug-likeness (QED) is 0.538. The van der Waals surface area contributed by atoms with Gasteiger partial charge in [0.1, 0.15) is 5.75 Å². The first-order chi connectivity index (χ1) is 13.7. The molecule has 3 rings (SSSR count). The first-order valence-corrected chi connectivity index (χ1v) is 9.69. The minimum atomic E-state index is 0.331. The highest BCUT2D eigenvalue weighted by Crippen LogP contribution is 2.28. The molecule has 0 aliphatic heterocycles. The second kappa shape index (κ2) is 9.88. The molecular formula is C22H29N3O3. The lowest BCUT2D eigenvalue weighted by Crippen LogP contribution is -2.31. The summed E-state index contributed by atoms with van der Waals surface area (Å²) in [5.74, 6) is 2.69. The second-order valence-corrected chi connectivity index (χ2v) is 6.88. The van der Waals surface area contributed by atoms with Crippen molar-refractivity contribution in [1.29, 1.82) is 0 Å². The predicted octanol–water partition coefficient (Wildman–Crippen LogP) is 3.63. The van der Waals surface area contributed by atoms with Crippen molar-refractivity contribution in [3.63, 3.8) is 0 Å². The van der Waals surface area contributed by atoms with Crippen LogP contribution in [0, 0.1) is 0 Å². The van der Waals surface area contributed by atoms with E-state index in [1.807, 2.05) is 36.4 Å². The van der Waals surface area contributed by atoms with Gasteiger partial charge in [-0.2, -0.15) is 0 Å². The summed E-state index contributed by atoms with van der Waals surface area (Å²) in [6.07, 6.45) is 5.10. The lowest BCUT2D eigenvalue weighted by Gasteiger charge is -2.17. The molecule has 0 aromatic heterocycles. The molecule has 1 saturated carbocycles. The Bertz CT molecular complexity index is 801. The van der Waals surface area contributed by atoms with E-state index in [-0.39, 0.29) is 0 Å². The molecule has 1 aliphatic carbocycles. The number of nitrogens with two attached hydrogens (primary N) is 1. The van der Waals surface area contributed by atoms with Gasteiger partial charge in [-0.3, -0.25) is 0 Å². The van der Waals surface area contributed by atoms with Crippen molar-refractivity contribution in [3.8, 4) is 17.2 Å². The highest BCUT2D eigenvalue weighted by Gasteiger charge is 2.17. The van der Waals surface area contributed by atoms with E-state index in [0.29, 0.717) is 36.7 Å². The summed E-state index contributed by atoms with van der Waals surface area (Å²) in [5, 5.41) is 3.18. The Morgan fingerprint density at radius 3 is 2.54 bits per heavy atom. The average molecular weight is 383 g/mol. The molecule has 6 nitrogen and oxygen atoms in total. The van der Waals surface area contributed by atoms with Gasteiger partial charge >= 0.3 is 0 Å². The summed E-state index contributed by atoms with van der Waals surface area (Å²) >= 11 is 0. The normalized spacial score (nSPS) is 14.7. The minimum Gasteiger partial charge on any atom is -0.493 e. The number of nitrogens with one attached hydrogen (secondary N) is 1. The van der Waals surface area contributed by atoms with Crippen LogP contribution in [0.5, 0.6) is 17.2 Å². The van der Waals surface area contributed by atoms with E-state index in [9.17, 15) is 0 Å². The van der Waals surface area contributed by atoms with Gasteiger partial charge < -0.3 is 25.3 Å². The van der Waals surface area contributed by atoms with Crippen LogP contribution in [0.4, 0.5) is 0 Å². The van der Waals surface area contributed by atoms with E-state index >= 15 is 0 Å². The van der Waals surface area contributed by atoms with Crippen LogP contribution in [0.25, 0.3) is 0 Å². The van der Waals surface area contributed by atoms with Crippen molar-refractivity contribution in [3.05, 3.63) is 53.6 Å². The molecule has 0 radical (unpaired) electrons. The third-order valence-electron chi connectivity index (χ3n) is 4.91. The van der Waals surface area contributed by atoms with Crippen LogP contribution in [0.15, 0.2) is 47.5 Å². The van der Waals surface area contributed by atoms with Gasteiger partial charge in [-0.05, 0) is 49.4 Å². The summed E-state index contributed by atoms with van der Waals surface area (Å²) in [7, 11) is 3.23. The highest BCUT2D eigenvalue weighted by atomic mass is 16.5. The molecule has 2 aromatic carbocycles. The fraction of sp³-hybridized carbons (Fsp3) is 0.409. The van der Waals surface area contributed by atoms with Gasteiger partial charge in [0.05, 0.1) is 26.9 Å². The van der Waals surface area contributed by atoms with Gasteiger partial charge in [-0.15, -0.1) is 0 Å². The van der Waals surface area contributed by atoms with Crippen molar-refractivity contribution in [2.24, 2.45) is 10.7 Å². The van der Waals surface area contributed by atoms with E-state index < -0.39 is 0 Å². The maximum Gasteiger partial charge on any atom is 0.189 e. The van der Waals surface area contributed by atoms with Crippen molar-refractivity contribution in [1.82, 2.24) is 5.32 Å². The molecule has 0 heterocycles. The number of para-hydroxylation sites is 1.